The Kier molecular flexibility index (Phi) is 7.32. The second-order valence-corrected chi connectivity index (χ2v) is 11.8. The number of halogens is 4. The number of pyridine rings is 2. The SMILES string of the molecule is COc1ccc2c(c1F)C(=O)N(C[C@@]1(c3cc4nc(-c5ccnc(N6CCN(C(=O)C(F)(F)F)CC6)c5)ccc4o3)CC(=O)NC1=O)C2. The first kappa shape index (κ1) is 31.1. The van der Waals surface area contributed by atoms with E-state index in [1.54, 1.807) is 35.2 Å². The summed E-state index contributed by atoms with van der Waals surface area (Å²) in [6.07, 6.45) is -3.70. The van der Waals surface area contributed by atoms with Gasteiger partial charge in [-0.1, -0.05) is 6.07 Å². The van der Waals surface area contributed by atoms with Crippen LogP contribution in [0.2, 0.25) is 0 Å². The van der Waals surface area contributed by atoms with Crippen LogP contribution in [-0.4, -0.2) is 89.4 Å². The van der Waals surface area contributed by atoms with Crippen LogP contribution >= 0.6 is 0 Å². The van der Waals surface area contributed by atoms with E-state index in [9.17, 15) is 32.3 Å². The summed E-state index contributed by atoms with van der Waals surface area (Å²) in [5.74, 6) is -4.03. The first-order chi connectivity index (χ1) is 22.9. The van der Waals surface area contributed by atoms with Crippen molar-refractivity contribution in [3.63, 3.8) is 0 Å². The van der Waals surface area contributed by atoms with E-state index in [0.29, 0.717) is 33.7 Å². The number of alkyl halides is 3. The topological polar surface area (TPSA) is 138 Å². The molecule has 2 fully saturated rings. The zero-order valence-corrected chi connectivity index (χ0v) is 25.3. The summed E-state index contributed by atoms with van der Waals surface area (Å²) in [6.45, 7) is -0.154. The number of furan rings is 1. The molecule has 12 nitrogen and oxygen atoms in total. The van der Waals surface area contributed by atoms with Crippen LogP contribution in [0.4, 0.5) is 23.4 Å². The van der Waals surface area contributed by atoms with Gasteiger partial charge in [-0.15, -0.1) is 0 Å². The number of fused-ring (bicyclic) bond motifs is 2. The molecule has 0 saturated carbocycles. The first-order valence-electron chi connectivity index (χ1n) is 14.9. The third kappa shape index (κ3) is 5.16. The number of anilines is 1. The van der Waals surface area contributed by atoms with E-state index in [2.05, 4.69) is 10.3 Å². The van der Waals surface area contributed by atoms with Gasteiger partial charge < -0.3 is 23.9 Å². The minimum atomic E-state index is -4.93. The van der Waals surface area contributed by atoms with E-state index in [-0.39, 0.29) is 62.8 Å². The van der Waals surface area contributed by atoms with Crippen LogP contribution in [0.15, 0.2) is 53.1 Å². The Morgan fingerprint density at radius 2 is 1.83 bits per heavy atom. The highest BCUT2D eigenvalue weighted by Gasteiger charge is 2.53. The van der Waals surface area contributed by atoms with E-state index >= 15 is 4.39 Å². The Bertz CT molecular complexity index is 2010. The van der Waals surface area contributed by atoms with Crippen molar-refractivity contribution in [1.29, 1.82) is 0 Å². The fraction of sp³-hybridized carbons (Fsp3) is 0.312. The Hall–Kier alpha value is -5.54. The van der Waals surface area contributed by atoms with Gasteiger partial charge in [-0.2, -0.15) is 13.2 Å². The van der Waals surface area contributed by atoms with Crippen LogP contribution in [0.3, 0.4) is 0 Å². The molecule has 1 aromatic carbocycles. The summed E-state index contributed by atoms with van der Waals surface area (Å²) in [7, 11) is 1.29. The summed E-state index contributed by atoms with van der Waals surface area (Å²) >= 11 is 0. The number of hydrogen-bond donors (Lipinski definition) is 1. The number of carbonyl (C=O) groups is 4. The minimum absolute atomic E-state index is 0.0129. The van der Waals surface area contributed by atoms with Gasteiger partial charge in [0.05, 0.1) is 24.8 Å². The van der Waals surface area contributed by atoms with Crippen LogP contribution in [0.5, 0.6) is 5.75 Å². The molecule has 6 heterocycles. The highest BCUT2D eigenvalue weighted by molar-refractivity contribution is 6.10. The lowest BCUT2D eigenvalue weighted by molar-refractivity contribution is -0.185. The number of hydrogen-bond acceptors (Lipinski definition) is 9. The number of amides is 4. The number of imide groups is 1. The molecule has 2 saturated heterocycles. The molecule has 3 aliphatic rings. The number of ether oxygens (including phenoxy) is 1. The lowest BCUT2D eigenvalue weighted by Gasteiger charge is -2.35. The molecule has 7 rings (SSSR count). The molecule has 1 atom stereocenters. The summed E-state index contributed by atoms with van der Waals surface area (Å²) in [6, 6.07) is 11.3. The molecule has 248 valence electrons. The molecule has 3 aromatic heterocycles. The second-order valence-electron chi connectivity index (χ2n) is 11.8. The average molecular weight is 667 g/mol. The number of piperazine rings is 1. The predicted octanol–water partition coefficient (Wildman–Crippen LogP) is 3.19. The van der Waals surface area contributed by atoms with Gasteiger partial charge in [-0.25, -0.2) is 14.4 Å². The number of rotatable bonds is 6. The lowest BCUT2D eigenvalue weighted by atomic mass is 9.82. The number of carbonyl (C=O) groups excluding carboxylic acids is 4. The largest absolute Gasteiger partial charge is 0.494 e. The third-order valence-electron chi connectivity index (χ3n) is 8.91. The predicted molar refractivity (Wildman–Crippen MR) is 159 cm³/mol. The third-order valence-corrected chi connectivity index (χ3v) is 8.91. The Morgan fingerprint density at radius 1 is 1.06 bits per heavy atom. The van der Waals surface area contributed by atoms with Crippen molar-refractivity contribution >= 4 is 40.5 Å². The maximum atomic E-state index is 15.0. The number of benzene rings is 1. The van der Waals surface area contributed by atoms with E-state index in [4.69, 9.17) is 14.1 Å². The molecule has 16 heteroatoms. The highest BCUT2D eigenvalue weighted by Crippen LogP contribution is 2.40. The monoisotopic (exact) mass is 666 g/mol. The molecule has 4 amide bonds. The zero-order chi connectivity index (χ0) is 34.0. The van der Waals surface area contributed by atoms with Crippen molar-refractivity contribution in [2.45, 2.75) is 24.6 Å². The molecule has 0 radical (unpaired) electrons. The van der Waals surface area contributed by atoms with Gasteiger partial charge in [0, 0.05) is 57.1 Å². The van der Waals surface area contributed by atoms with Gasteiger partial charge in [-0.05, 0) is 35.9 Å². The molecular formula is C32H26F4N6O6. The molecule has 0 unspecified atom stereocenters. The van der Waals surface area contributed by atoms with Crippen molar-refractivity contribution in [3.05, 3.63) is 71.4 Å². The van der Waals surface area contributed by atoms with Crippen LogP contribution in [0.25, 0.3) is 22.4 Å². The molecule has 3 aliphatic heterocycles. The number of aromatic nitrogens is 2. The van der Waals surface area contributed by atoms with Crippen LogP contribution in [0, 0.1) is 5.82 Å². The molecule has 48 heavy (non-hydrogen) atoms. The average Bonchev–Trinajstić information content (AvgIpc) is 3.73. The molecule has 1 N–H and O–H groups in total. The summed E-state index contributed by atoms with van der Waals surface area (Å²) < 4.78 is 64.6. The van der Waals surface area contributed by atoms with E-state index < -0.39 is 41.0 Å². The quantitative estimate of drug-likeness (QED) is 0.243. The van der Waals surface area contributed by atoms with Gasteiger partial charge in [-0.3, -0.25) is 24.5 Å². The smallest absolute Gasteiger partial charge is 0.471 e. The number of nitrogens with one attached hydrogen (secondary N) is 1. The van der Waals surface area contributed by atoms with Crippen molar-refractivity contribution < 1.29 is 45.9 Å². The van der Waals surface area contributed by atoms with Crippen LogP contribution < -0.4 is 15.0 Å². The minimum Gasteiger partial charge on any atom is -0.494 e. The second kappa shape index (κ2) is 11.3. The van der Waals surface area contributed by atoms with E-state index in [0.717, 1.165) is 4.90 Å². The summed E-state index contributed by atoms with van der Waals surface area (Å²) in [4.78, 5) is 63.7. The van der Waals surface area contributed by atoms with Crippen molar-refractivity contribution in [1.82, 2.24) is 25.1 Å². The van der Waals surface area contributed by atoms with Gasteiger partial charge in [0.25, 0.3) is 5.91 Å². The Balaban J connectivity index is 1.15. The lowest BCUT2D eigenvalue weighted by Crippen LogP contribution is -2.52. The molecule has 0 spiro atoms. The molecule has 0 bridgehead atoms. The maximum absolute atomic E-state index is 15.0. The van der Waals surface area contributed by atoms with Gasteiger partial charge in [0.15, 0.2) is 17.1 Å². The van der Waals surface area contributed by atoms with Crippen molar-refractivity contribution in [3.8, 4) is 17.0 Å². The van der Waals surface area contributed by atoms with Gasteiger partial charge in [0.1, 0.15) is 22.5 Å². The fourth-order valence-electron chi connectivity index (χ4n) is 6.45. The van der Waals surface area contributed by atoms with Gasteiger partial charge >= 0.3 is 12.1 Å². The fourth-order valence-corrected chi connectivity index (χ4v) is 6.45. The molecule has 0 aliphatic carbocycles. The maximum Gasteiger partial charge on any atom is 0.471 e. The van der Waals surface area contributed by atoms with Crippen LogP contribution in [0.1, 0.15) is 28.1 Å². The van der Waals surface area contributed by atoms with E-state index in [1.807, 2.05) is 0 Å². The normalized spacial score (nSPS) is 19.7. The zero-order valence-electron chi connectivity index (χ0n) is 25.3. The summed E-state index contributed by atoms with van der Waals surface area (Å²) in [5.41, 5.74) is 0.474. The van der Waals surface area contributed by atoms with Gasteiger partial charge in [0.2, 0.25) is 11.8 Å². The Morgan fingerprint density at radius 3 is 2.52 bits per heavy atom. The molecular weight excluding hydrogens is 640 g/mol. The van der Waals surface area contributed by atoms with Crippen molar-refractivity contribution in [2.75, 3.05) is 44.7 Å². The Labute approximate surface area is 269 Å². The first-order valence-corrected chi connectivity index (χ1v) is 14.9. The highest BCUT2D eigenvalue weighted by atomic mass is 19.4. The van der Waals surface area contributed by atoms with Crippen molar-refractivity contribution in [2.24, 2.45) is 0 Å². The number of methoxy groups -OCH3 is 1. The van der Waals surface area contributed by atoms with E-state index in [1.165, 1.54) is 30.3 Å². The standard InChI is InChI=1S/C32H26F4N6O6/c1-47-22-4-2-18-15-42(28(44)26(18)27(22)33)16-31(14-25(43)39-29(31)45)23-13-20-21(48-23)5-3-19(38-20)17-6-7-37-24(12-17)40-8-10-41(11-9-40)30(46)32(34,35)36/h2-7,12-13H,8-11,14-16H2,1H3,(H,39,43,45)/t31-/m1/s1. The van der Waals surface area contributed by atoms with Crippen LogP contribution in [-0.2, 0) is 26.3 Å². The number of nitrogens with zero attached hydrogens (tertiary/aromatic N) is 5. The molecule has 4 aromatic rings. The summed E-state index contributed by atoms with van der Waals surface area (Å²) in [5, 5.41) is 2.30.